The molecule has 7 nitrogen and oxygen atoms in total. The maximum Gasteiger partial charge on any atom is 0.262 e. The van der Waals surface area contributed by atoms with Gasteiger partial charge in [0, 0.05) is 11.4 Å². The van der Waals surface area contributed by atoms with Gasteiger partial charge >= 0.3 is 0 Å². The van der Waals surface area contributed by atoms with Crippen molar-refractivity contribution in [1.29, 1.82) is 0 Å². The fourth-order valence-electron chi connectivity index (χ4n) is 3.02. The monoisotopic (exact) mass is 499 g/mol. The van der Waals surface area contributed by atoms with Crippen molar-refractivity contribution in [1.82, 2.24) is 10.7 Å². The SMILES string of the molecule is C[C@H](Oc1ccc(Cl)cc1Cl)C(=O)N[C@@H](Cc1ccccc1)C(=O)N/N=C\c1cccc(O)c1. The van der Waals surface area contributed by atoms with Crippen LogP contribution in [0.2, 0.25) is 10.0 Å². The lowest BCUT2D eigenvalue weighted by Crippen LogP contribution is -2.50. The largest absolute Gasteiger partial charge is 0.508 e. The molecule has 0 aliphatic heterocycles. The van der Waals surface area contributed by atoms with Crippen molar-refractivity contribution in [2.24, 2.45) is 5.10 Å². The first kappa shape index (κ1) is 25.1. The van der Waals surface area contributed by atoms with E-state index in [1.54, 1.807) is 31.2 Å². The molecule has 0 spiro atoms. The van der Waals surface area contributed by atoms with Crippen LogP contribution >= 0.6 is 23.2 Å². The third-order valence-corrected chi connectivity index (χ3v) is 5.27. The first-order chi connectivity index (χ1) is 16.3. The number of nitrogens with one attached hydrogen (secondary N) is 2. The van der Waals surface area contributed by atoms with Crippen molar-refractivity contribution in [3.8, 4) is 11.5 Å². The summed E-state index contributed by atoms with van der Waals surface area (Å²) in [5, 5.41) is 16.9. The van der Waals surface area contributed by atoms with Crippen LogP contribution < -0.4 is 15.5 Å². The summed E-state index contributed by atoms with van der Waals surface area (Å²) in [5.74, 6) is -0.628. The van der Waals surface area contributed by atoms with Crippen LogP contribution in [0.25, 0.3) is 0 Å². The molecule has 0 radical (unpaired) electrons. The Morgan fingerprint density at radius 1 is 1.03 bits per heavy atom. The fourth-order valence-corrected chi connectivity index (χ4v) is 3.47. The first-order valence-corrected chi connectivity index (χ1v) is 11.2. The maximum atomic E-state index is 12.8. The Balaban J connectivity index is 1.68. The van der Waals surface area contributed by atoms with Gasteiger partial charge in [0.2, 0.25) is 0 Å². The Hall–Kier alpha value is -3.55. The molecule has 0 aliphatic carbocycles. The van der Waals surface area contributed by atoms with Crippen molar-refractivity contribution >= 4 is 41.2 Å². The molecule has 176 valence electrons. The highest BCUT2D eigenvalue weighted by molar-refractivity contribution is 6.35. The van der Waals surface area contributed by atoms with E-state index in [2.05, 4.69) is 15.8 Å². The zero-order valence-corrected chi connectivity index (χ0v) is 19.8. The summed E-state index contributed by atoms with van der Waals surface area (Å²) < 4.78 is 5.66. The minimum absolute atomic E-state index is 0.0827. The summed E-state index contributed by atoms with van der Waals surface area (Å²) in [6.07, 6.45) is 0.711. The number of hydrogen-bond donors (Lipinski definition) is 3. The van der Waals surface area contributed by atoms with Gasteiger partial charge in [-0.15, -0.1) is 0 Å². The molecule has 9 heteroatoms. The summed E-state index contributed by atoms with van der Waals surface area (Å²) in [6.45, 7) is 1.55. The Bertz CT molecular complexity index is 1170. The molecule has 34 heavy (non-hydrogen) atoms. The molecule has 0 aromatic heterocycles. The molecule has 2 amide bonds. The van der Waals surface area contributed by atoms with Gasteiger partial charge in [-0.25, -0.2) is 5.43 Å². The van der Waals surface area contributed by atoms with Gasteiger partial charge in [0.1, 0.15) is 17.5 Å². The Labute approximate surface area is 207 Å². The van der Waals surface area contributed by atoms with Crippen molar-refractivity contribution in [2.75, 3.05) is 0 Å². The third-order valence-electron chi connectivity index (χ3n) is 4.74. The number of hydrogen-bond acceptors (Lipinski definition) is 5. The summed E-state index contributed by atoms with van der Waals surface area (Å²) in [5.41, 5.74) is 3.90. The molecular formula is C25H23Cl2N3O4. The van der Waals surface area contributed by atoms with Gasteiger partial charge in [0.15, 0.2) is 6.10 Å². The molecule has 0 saturated heterocycles. The number of phenols is 1. The Morgan fingerprint density at radius 3 is 2.50 bits per heavy atom. The number of amides is 2. The van der Waals surface area contributed by atoms with Crippen LogP contribution in [0.4, 0.5) is 0 Å². The lowest BCUT2D eigenvalue weighted by atomic mass is 10.1. The number of rotatable bonds is 9. The van der Waals surface area contributed by atoms with Crippen LogP contribution in [0, 0.1) is 0 Å². The molecule has 3 rings (SSSR count). The van der Waals surface area contributed by atoms with Gasteiger partial charge in [-0.05, 0) is 48.4 Å². The van der Waals surface area contributed by atoms with Crippen LogP contribution in [0.1, 0.15) is 18.1 Å². The van der Waals surface area contributed by atoms with Gasteiger partial charge < -0.3 is 15.2 Å². The van der Waals surface area contributed by atoms with Gasteiger partial charge in [-0.1, -0.05) is 65.7 Å². The van der Waals surface area contributed by atoms with E-state index in [4.69, 9.17) is 27.9 Å². The number of benzene rings is 3. The zero-order valence-electron chi connectivity index (χ0n) is 18.2. The molecule has 0 saturated carbocycles. The van der Waals surface area contributed by atoms with E-state index in [1.165, 1.54) is 24.4 Å². The van der Waals surface area contributed by atoms with Crippen LogP contribution in [-0.2, 0) is 16.0 Å². The molecule has 0 aliphatic rings. The van der Waals surface area contributed by atoms with E-state index < -0.39 is 24.0 Å². The zero-order chi connectivity index (χ0) is 24.5. The highest BCUT2D eigenvalue weighted by Gasteiger charge is 2.25. The standard InChI is InChI=1S/C25H23Cl2N3O4/c1-16(34-23-11-10-19(26)14-21(23)27)24(32)29-22(13-17-6-3-2-4-7-17)25(33)30-28-15-18-8-5-9-20(31)12-18/h2-12,14-16,22,31H,13H2,1H3,(H,29,32)(H,30,33)/b28-15-/t16-,22-/m0/s1. The first-order valence-electron chi connectivity index (χ1n) is 10.4. The lowest BCUT2D eigenvalue weighted by molar-refractivity contribution is -0.132. The Kier molecular flexibility index (Phi) is 8.90. The second-order valence-electron chi connectivity index (χ2n) is 7.41. The summed E-state index contributed by atoms with van der Waals surface area (Å²) in [4.78, 5) is 25.7. The molecule has 3 aromatic carbocycles. The number of halogens is 2. The molecule has 0 bridgehead atoms. The quantitative estimate of drug-likeness (QED) is 0.301. The van der Waals surface area contributed by atoms with Crippen molar-refractivity contribution in [3.05, 3.63) is 94.0 Å². The number of ether oxygens (including phenoxy) is 1. The number of carbonyl (C=O) groups excluding carboxylic acids is 2. The van der Waals surface area contributed by atoms with Crippen molar-refractivity contribution in [3.63, 3.8) is 0 Å². The number of carbonyl (C=O) groups is 2. The smallest absolute Gasteiger partial charge is 0.262 e. The van der Waals surface area contributed by atoms with E-state index in [0.717, 1.165) is 5.56 Å². The average molecular weight is 500 g/mol. The summed E-state index contributed by atoms with van der Waals surface area (Å²) >= 11 is 12.0. The van der Waals surface area contributed by atoms with Crippen LogP contribution in [0.5, 0.6) is 11.5 Å². The molecule has 3 aromatic rings. The normalized spacial score (nSPS) is 12.7. The second-order valence-corrected chi connectivity index (χ2v) is 8.26. The number of hydrazone groups is 1. The van der Waals surface area contributed by atoms with Gasteiger partial charge in [-0.3, -0.25) is 9.59 Å². The summed E-state index contributed by atoms with van der Waals surface area (Å²) in [6, 6.07) is 19.5. The number of phenolic OH excluding ortho intramolecular Hbond substituents is 1. The molecule has 0 unspecified atom stereocenters. The van der Waals surface area contributed by atoms with E-state index in [1.807, 2.05) is 30.3 Å². The van der Waals surface area contributed by atoms with Crippen molar-refractivity contribution < 1.29 is 19.4 Å². The van der Waals surface area contributed by atoms with E-state index in [0.29, 0.717) is 16.3 Å². The number of nitrogens with zero attached hydrogens (tertiary/aromatic N) is 1. The highest BCUT2D eigenvalue weighted by Crippen LogP contribution is 2.28. The van der Waals surface area contributed by atoms with E-state index in [9.17, 15) is 14.7 Å². The van der Waals surface area contributed by atoms with Crippen LogP contribution in [-0.4, -0.2) is 35.3 Å². The van der Waals surface area contributed by atoms with E-state index >= 15 is 0 Å². The topological polar surface area (TPSA) is 100 Å². The van der Waals surface area contributed by atoms with Crippen molar-refractivity contribution in [2.45, 2.75) is 25.5 Å². The molecule has 0 fully saturated rings. The Morgan fingerprint density at radius 2 is 1.79 bits per heavy atom. The highest BCUT2D eigenvalue weighted by atomic mass is 35.5. The van der Waals surface area contributed by atoms with Gasteiger partial charge in [0.25, 0.3) is 11.8 Å². The van der Waals surface area contributed by atoms with Crippen LogP contribution in [0.15, 0.2) is 77.9 Å². The van der Waals surface area contributed by atoms with Gasteiger partial charge in [-0.2, -0.15) is 5.10 Å². The third kappa shape index (κ3) is 7.50. The number of aromatic hydroxyl groups is 1. The maximum absolute atomic E-state index is 12.8. The molecule has 2 atom stereocenters. The molecule has 0 heterocycles. The predicted octanol–water partition coefficient (Wildman–Crippen LogP) is 4.34. The minimum Gasteiger partial charge on any atom is -0.508 e. The second kappa shape index (κ2) is 12.1. The minimum atomic E-state index is -0.930. The van der Waals surface area contributed by atoms with Gasteiger partial charge in [0.05, 0.1) is 11.2 Å². The lowest BCUT2D eigenvalue weighted by Gasteiger charge is -2.21. The summed E-state index contributed by atoms with van der Waals surface area (Å²) in [7, 11) is 0. The predicted molar refractivity (Wildman–Crippen MR) is 132 cm³/mol. The van der Waals surface area contributed by atoms with E-state index in [-0.39, 0.29) is 17.2 Å². The molecular weight excluding hydrogens is 477 g/mol. The van der Waals surface area contributed by atoms with Crippen LogP contribution in [0.3, 0.4) is 0 Å². The average Bonchev–Trinajstić information content (AvgIpc) is 2.81. The fraction of sp³-hybridized carbons (Fsp3) is 0.160. The molecule has 3 N–H and O–H groups in total.